The van der Waals surface area contributed by atoms with Crippen LogP contribution in [-0.2, 0) is 23.6 Å². The summed E-state index contributed by atoms with van der Waals surface area (Å²) in [6.07, 6.45) is 1.20. The molecule has 0 aliphatic carbocycles. The molecule has 0 unspecified atom stereocenters. The van der Waals surface area contributed by atoms with E-state index in [1.807, 2.05) is 20.8 Å². The van der Waals surface area contributed by atoms with Crippen LogP contribution < -0.4 is 0 Å². The van der Waals surface area contributed by atoms with E-state index in [1.54, 1.807) is 27.7 Å². The number of carbonyl (C=O) groups excluding carboxylic acids is 2. The molecule has 0 amide bonds. The topological polar surface area (TPSA) is 110 Å². The highest BCUT2D eigenvalue weighted by molar-refractivity contribution is 7.53. The van der Waals surface area contributed by atoms with Crippen molar-refractivity contribution in [2.45, 2.75) is 66.5 Å². The smallest absolute Gasteiger partial charge is 0.333 e. The van der Waals surface area contributed by atoms with Crippen LogP contribution in [0.15, 0.2) is 12.2 Å². The molecular formula is C17H33O7P. The maximum absolute atomic E-state index is 11.5. The van der Waals surface area contributed by atoms with Crippen molar-refractivity contribution in [3.63, 3.8) is 0 Å². The normalized spacial score (nSPS) is 11.9. The van der Waals surface area contributed by atoms with E-state index in [4.69, 9.17) is 19.3 Å². The molecule has 0 saturated heterocycles. The van der Waals surface area contributed by atoms with Crippen molar-refractivity contribution >= 4 is 19.5 Å². The number of hydrogen-bond donors (Lipinski definition) is 2. The van der Waals surface area contributed by atoms with Crippen molar-refractivity contribution in [1.82, 2.24) is 0 Å². The van der Waals surface area contributed by atoms with Gasteiger partial charge in [0.2, 0.25) is 0 Å². The predicted molar refractivity (Wildman–Crippen MR) is 97.2 cm³/mol. The Balaban J connectivity index is 0. The lowest BCUT2D eigenvalue weighted by Gasteiger charge is -2.23. The molecule has 7 nitrogen and oxygen atoms in total. The first kappa shape index (κ1) is 26.1. The Morgan fingerprint density at radius 3 is 1.72 bits per heavy atom. The molecule has 0 radical (unpaired) electrons. The second-order valence-corrected chi connectivity index (χ2v) is 9.30. The summed E-state index contributed by atoms with van der Waals surface area (Å²) in [5.41, 5.74) is -0.154. The summed E-state index contributed by atoms with van der Waals surface area (Å²) in [7, 11) is -3.87. The van der Waals surface area contributed by atoms with Crippen LogP contribution in [0.2, 0.25) is 0 Å². The van der Waals surface area contributed by atoms with Gasteiger partial charge in [-0.15, -0.1) is 0 Å². The van der Waals surface area contributed by atoms with E-state index in [0.717, 1.165) is 0 Å². The molecule has 0 rings (SSSR count). The third-order valence-electron chi connectivity index (χ3n) is 3.99. The quantitative estimate of drug-likeness (QED) is 0.287. The lowest BCUT2D eigenvalue weighted by Crippen LogP contribution is -2.27. The van der Waals surface area contributed by atoms with E-state index in [2.05, 4.69) is 6.58 Å². The summed E-state index contributed by atoms with van der Waals surface area (Å²) in [6, 6.07) is 0. The summed E-state index contributed by atoms with van der Waals surface area (Å²) >= 11 is 0. The molecule has 2 N–H and O–H groups in total. The van der Waals surface area contributed by atoms with Crippen molar-refractivity contribution in [2.24, 2.45) is 5.41 Å². The molecule has 0 atom stereocenters. The maximum Gasteiger partial charge on any atom is 0.333 e. The molecule has 0 aromatic carbocycles. The van der Waals surface area contributed by atoms with Gasteiger partial charge in [-0.05, 0) is 47.5 Å². The van der Waals surface area contributed by atoms with Crippen molar-refractivity contribution < 1.29 is 33.4 Å². The first-order valence-electron chi connectivity index (χ1n) is 8.17. The summed E-state index contributed by atoms with van der Waals surface area (Å²) < 4.78 is 20.3. The highest BCUT2D eigenvalue weighted by Crippen LogP contribution is 2.51. The molecule has 8 heteroatoms. The minimum absolute atomic E-state index is 0.0667. The fraction of sp³-hybridized carbons (Fsp3) is 0.765. The second kappa shape index (κ2) is 10.7. The molecule has 0 spiro atoms. The molecular weight excluding hydrogens is 347 g/mol. The minimum atomic E-state index is -3.87. The Hall–Kier alpha value is -1.17. The molecule has 25 heavy (non-hydrogen) atoms. The van der Waals surface area contributed by atoms with Crippen LogP contribution in [-0.4, -0.2) is 40.1 Å². The van der Waals surface area contributed by atoms with Crippen LogP contribution in [0.5, 0.6) is 0 Å². The second-order valence-electron chi connectivity index (χ2n) is 7.00. The van der Waals surface area contributed by atoms with Crippen molar-refractivity contribution in [3.05, 3.63) is 12.2 Å². The third-order valence-corrected chi connectivity index (χ3v) is 5.88. The van der Waals surface area contributed by atoms with Crippen molar-refractivity contribution in [2.75, 3.05) is 13.2 Å². The van der Waals surface area contributed by atoms with Gasteiger partial charge in [-0.25, -0.2) is 4.79 Å². The average molecular weight is 380 g/mol. The fourth-order valence-electron chi connectivity index (χ4n) is 0.938. The van der Waals surface area contributed by atoms with Crippen LogP contribution in [0.3, 0.4) is 0 Å². The van der Waals surface area contributed by atoms with Crippen molar-refractivity contribution in [1.29, 1.82) is 0 Å². The van der Waals surface area contributed by atoms with Crippen LogP contribution >= 0.6 is 7.60 Å². The molecule has 0 fully saturated rings. The fourth-order valence-corrected chi connectivity index (χ4v) is 1.35. The van der Waals surface area contributed by atoms with Gasteiger partial charge >= 0.3 is 19.5 Å². The number of esters is 2. The van der Waals surface area contributed by atoms with Gasteiger partial charge in [0.1, 0.15) is 13.2 Å². The molecule has 148 valence electrons. The summed E-state index contributed by atoms with van der Waals surface area (Å²) in [5.74, 6) is -0.743. The van der Waals surface area contributed by atoms with Crippen LogP contribution in [0.25, 0.3) is 0 Å². The van der Waals surface area contributed by atoms with E-state index in [-0.39, 0.29) is 19.2 Å². The molecule has 0 aliphatic heterocycles. The number of hydrogen-bond acceptors (Lipinski definition) is 5. The number of rotatable bonds is 8. The Labute approximate surface area is 150 Å². The van der Waals surface area contributed by atoms with E-state index in [1.165, 1.54) is 0 Å². The summed E-state index contributed by atoms with van der Waals surface area (Å²) in [4.78, 5) is 39.8. The van der Waals surface area contributed by atoms with Crippen molar-refractivity contribution in [3.8, 4) is 0 Å². The number of carbonyl (C=O) groups is 2. The third kappa shape index (κ3) is 10.4. The highest BCUT2D eigenvalue weighted by atomic mass is 31.2. The molecule has 0 bridgehead atoms. The molecule has 0 saturated carbocycles. The maximum atomic E-state index is 11.5. The Kier molecular flexibility index (Phi) is 11.2. The van der Waals surface area contributed by atoms with Gasteiger partial charge in [-0.2, -0.15) is 0 Å². The minimum Gasteiger partial charge on any atom is -0.462 e. The zero-order valence-electron chi connectivity index (χ0n) is 16.4. The van der Waals surface area contributed by atoms with Gasteiger partial charge < -0.3 is 19.3 Å². The average Bonchev–Trinajstić information content (AvgIpc) is 2.50. The van der Waals surface area contributed by atoms with Gasteiger partial charge in [-0.3, -0.25) is 9.36 Å². The first-order chi connectivity index (χ1) is 11.1. The van der Waals surface area contributed by atoms with E-state index in [0.29, 0.717) is 18.4 Å². The van der Waals surface area contributed by atoms with Gasteiger partial charge in [0, 0.05) is 5.57 Å². The van der Waals surface area contributed by atoms with Gasteiger partial charge in [0.05, 0.1) is 10.6 Å². The summed E-state index contributed by atoms with van der Waals surface area (Å²) in [6.45, 7) is 15.6. The van der Waals surface area contributed by atoms with E-state index < -0.39 is 24.1 Å². The Bertz CT molecular complexity index is 503. The Morgan fingerprint density at radius 2 is 1.44 bits per heavy atom. The van der Waals surface area contributed by atoms with E-state index >= 15 is 0 Å². The monoisotopic (exact) mass is 380 g/mol. The first-order valence-corrected chi connectivity index (χ1v) is 9.79. The van der Waals surface area contributed by atoms with Crippen LogP contribution in [0.1, 0.15) is 61.3 Å². The zero-order chi connectivity index (χ0) is 20.5. The van der Waals surface area contributed by atoms with Crippen LogP contribution in [0.4, 0.5) is 0 Å². The standard InChI is InChI=1S/C12H20O4.C5H13O3P/c1-6-12(4,5)11(14)16-8-7-15-10(13)9(2)3;1-4-5(2,3)9(6,7)8/h2,6-8H2,1,3-5H3;4H2,1-3H3,(H2,6,7,8). The Morgan fingerprint density at radius 1 is 1.00 bits per heavy atom. The molecule has 0 aromatic heterocycles. The lowest BCUT2D eigenvalue weighted by atomic mass is 9.91. The van der Waals surface area contributed by atoms with Crippen LogP contribution in [0, 0.1) is 5.41 Å². The number of ether oxygens (including phenoxy) is 2. The van der Waals surface area contributed by atoms with E-state index in [9.17, 15) is 14.2 Å². The molecule has 0 aromatic rings. The molecule has 0 aliphatic rings. The SMILES string of the molecule is C=C(C)C(=O)OCCOC(=O)C(C)(C)CC.CCC(C)(C)P(=O)(O)O. The largest absolute Gasteiger partial charge is 0.462 e. The summed E-state index contributed by atoms with van der Waals surface area (Å²) in [5, 5.41) is -0.854. The zero-order valence-corrected chi connectivity index (χ0v) is 17.3. The highest BCUT2D eigenvalue weighted by Gasteiger charge is 2.35. The lowest BCUT2D eigenvalue weighted by molar-refractivity contribution is -0.158. The van der Waals surface area contributed by atoms with Gasteiger partial charge in [-0.1, -0.05) is 20.4 Å². The van der Waals surface area contributed by atoms with Gasteiger partial charge in [0.25, 0.3) is 0 Å². The molecule has 0 heterocycles. The van der Waals surface area contributed by atoms with Gasteiger partial charge in [0.15, 0.2) is 0 Å². The predicted octanol–water partition coefficient (Wildman–Crippen LogP) is 3.44.